The number of ether oxygens (including phenoxy) is 1. The second kappa shape index (κ2) is 6.53. The summed E-state index contributed by atoms with van der Waals surface area (Å²) in [7, 11) is 0. The Bertz CT molecular complexity index is 405. The number of carbonyl (C=O) groups excluding carboxylic acids is 1. The number of rotatable bonds is 5. The molecule has 0 aliphatic rings. The van der Waals surface area contributed by atoms with E-state index in [0.29, 0.717) is 23.0 Å². The largest absolute Gasteiger partial charge is 0.465 e. The Morgan fingerprint density at radius 2 is 2.22 bits per heavy atom. The van der Waals surface area contributed by atoms with E-state index in [-0.39, 0.29) is 18.6 Å². The zero-order valence-corrected chi connectivity index (χ0v) is 12.3. The summed E-state index contributed by atoms with van der Waals surface area (Å²) in [5.74, 6) is 0.444. The monoisotopic (exact) mass is 316 g/mol. The van der Waals surface area contributed by atoms with E-state index in [2.05, 4.69) is 25.9 Å². The maximum atomic E-state index is 11.5. The Morgan fingerprint density at radius 1 is 1.56 bits per heavy atom. The molecule has 0 radical (unpaired) electrons. The van der Waals surface area contributed by atoms with Crippen molar-refractivity contribution in [2.45, 2.75) is 26.8 Å². The SMILES string of the molecule is CCOC(=O)CN(c1nc(N)cc(Br)n1)C(C)C. The number of hydrogen-bond donors (Lipinski definition) is 1. The van der Waals surface area contributed by atoms with Crippen molar-refractivity contribution in [1.29, 1.82) is 0 Å². The summed E-state index contributed by atoms with van der Waals surface area (Å²) in [4.78, 5) is 21.6. The van der Waals surface area contributed by atoms with E-state index < -0.39 is 0 Å². The van der Waals surface area contributed by atoms with E-state index in [1.165, 1.54) is 0 Å². The lowest BCUT2D eigenvalue weighted by molar-refractivity contribution is -0.141. The molecule has 1 heterocycles. The highest BCUT2D eigenvalue weighted by atomic mass is 79.9. The molecule has 1 rings (SSSR count). The average Bonchev–Trinajstić information content (AvgIpc) is 2.24. The molecule has 2 N–H and O–H groups in total. The highest BCUT2D eigenvalue weighted by Gasteiger charge is 2.18. The second-order valence-corrected chi connectivity index (χ2v) is 4.75. The van der Waals surface area contributed by atoms with Crippen molar-refractivity contribution in [2.75, 3.05) is 23.8 Å². The number of anilines is 2. The van der Waals surface area contributed by atoms with Crippen LogP contribution in [0.2, 0.25) is 0 Å². The zero-order chi connectivity index (χ0) is 13.7. The van der Waals surface area contributed by atoms with Gasteiger partial charge in [-0.1, -0.05) is 0 Å². The van der Waals surface area contributed by atoms with E-state index in [0.717, 1.165) is 0 Å². The number of carbonyl (C=O) groups is 1. The van der Waals surface area contributed by atoms with Crippen LogP contribution >= 0.6 is 15.9 Å². The minimum absolute atomic E-state index is 0.0584. The highest BCUT2D eigenvalue weighted by molar-refractivity contribution is 9.10. The van der Waals surface area contributed by atoms with Gasteiger partial charge in [-0.25, -0.2) is 4.98 Å². The zero-order valence-electron chi connectivity index (χ0n) is 10.7. The van der Waals surface area contributed by atoms with Crippen LogP contribution in [-0.4, -0.2) is 35.1 Å². The van der Waals surface area contributed by atoms with Crippen LogP contribution in [0.1, 0.15) is 20.8 Å². The standard InChI is InChI=1S/C11H17BrN4O2/c1-4-18-10(17)6-16(7(2)3)11-14-8(12)5-9(13)15-11/h5,7H,4,6H2,1-3H3,(H2,13,14,15). The molecule has 1 aromatic heterocycles. The second-order valence-electron chi connectivity index (χ2n) is 3.94. The lowest BCUT2D eigenvalue weighted by Crippen LogP contribution is -2.38. The molecule has 0 aliphatic heterocycles. The van der Waals surface area contributed by atoms with E-state index in [4.69, 9.17) is 10.5 Å². The summed E-state index contributed by atoms with van der Waals surface area (Å²) >= 11 is 3.25. The van der Waals surface area contributed by atoms with Gasteiger partial charge in [0.05, 0.1) is 6.61 Å². The fourth-order valence-electron chi connectivity index (χ4n) is 1.38. The van der Waals surface area contributed by atoms with Gasteiger partial charge in [-0.3, -0.25) is 4.79 Å². The average molecular weight is 317 g/mol. The molecular formula is C11H17BrN4O2. The molecule has 0 amide bonds. The van der Waals surface area contributed by atoms with Crippen LogP contribution in [-0.2, 0) is 9.53 Å². The summed E-state index contributed by atoms with van der Waals surface area (Å²) < 4.78 is 5.51. The van der Waals surface area contributed by atoms with Gasteiger partial charge in [0, 0.05) is 12.1 Å². The molecule has 0 aliphatic carbocycles. The number of esters is 1. The smallest absolute Gasteiger partial charge is 0.325 e. The van der Waals surface area contributed by atoms with Gasteiger partial charge in [0.2, 0.25) is 5.95 Å². The fourth-order valence-corrected chi connectivity index (χ4v) is 1.77. The lowest BCUT2D eigenvalue weighted by atomic mass is 10.3. The molecule has 0 bridgehead atoms. The number of hydrogen-bond acceptors (Lipinski definition) is 6. The third kappa shape index (κ3) is 4.14. The van der Waals surface area contributed by atoms with Gasteiger partial charge in [-0.05, 0) is 36.7 Å². The predicted octanol–water partition coefficient (Wildman–Crippen LogP) is 1.60. The highest BCUT2D eigenvalue weighted by Crippen LogP contribution is 2.17. The minimum Gasteiger partial charge on any atom is -0.465 e. The van der Waals surface area contributed by atoms with Crippen LogP contribution in [0.3, 0.4) is 0 Å². The number of nitrogen functional groups attached to an aromatic ring is 1. The first-order valence-corrected chi connectivity index (χ1v) is 6.45. The molecule has 0 fully saturated rings. The number of aromatic nitrogens is 2. The third-order valence-corrected chi connectivity index (χ3v) is 2.59. The molecule has 100 valence electrons. The third-order valence-electron chi connectivity index (χ3n) is 2.19. The summed E-state index contributed by atoms with van der Waals surface area (Å²) in [6, 6.07) is 1.66. The maximum Gasteiger partial charge on any atom is 0.325 e. The van der Waals surface area contributed by atoms with Crippen molar-refractivity contribution in [3.63, 3.8) is 0 Å². The van der Waals surface area contributed by atoms with Gasteiger partial charge >= 0.3 is 5.97 Å². The summed E-state index contributed by atoms with van der Waals surface area (Å²) in [5.41, 5.74) is 5.66. The molecule has 0 saturated carbocycles. The first-order valence-electron chi connectivity index (χ1n) is 5.66. The number of halogens is 1. The van der Waals surface area contributed by atoms with Crippen molar-refractivity contribution in [3.8, 4) is 0 Å². The van der Waals surface area contributed by atoms with Crippen LogP contribution in [0.5, 0.6) is 0 Å². The Hall–Kier alpha value is -1.37. The van der Waals surface area contributed by atoms with E-state index >= 15 is 0 Å². The lowest BCUT2D eigenvalue weighted by Gasteiger charge is -2.25. The molecular weight excluding hydrogens is 300 g/mol. The van der Waals surface area contributed by atoms with Crippen molar-refractivity contribution < 1.29 is 9.53 Å². The Kier molecular flexibility index (Phi) is 5.33. The Labute approximate surface area is 115 Å². The van der Waals surface area contributed by atoms with Crippen LogP contribution in [0.25, 0.3) is 0 Å². The molecule has 1 aromatic rings. The van der Waals surface area contributed by atoms with Crippen molar-refractivity contribution >= 4 is 33.7 Å². The molecule has 0 atom stereocenters. The normalized spacial score (nSPS) is 10.5. The van der Waals surface area contributed by atoms with Gasteiger partial charge in [-0.2, -0.15) is 4.98 Å². The predicted molar refractivity (Wildman–Crippen MR) is 73.3 cm³/mol. The van der Waals surface area contributed by atoms with Crippen molar-refractivity contribution in [2.24, 2.45) is 0 Å². The quantitative estimate of drug-likeness (QED) is 0.656. The fraction of sp³-hybridized carbons (Fsp3) is 0.545. The molecule has 6 nitrogen and oxygen atoms in total. The Balaban J connectivity index is 2.93. The van der Waals surface area contributed by atoms with Gasteiger partial charge in [0.25, 0.3) is 0 Å². The maximum absolute atomic E-state index is 11.5. The molecule has 18 heavy (non-hydrogen) atoms. The van der Waals surface area contributed by atoms with Crippen molar-refractivity contribution in [1.82, 2.24) is 9.97 Å². The molecule has 7 heteroatoms. The summed E-state index contributed by atoms with van der Waals surface area (Å²) in [5, 5.41) is 0. The molecule has 0 unspecified atom stereocenters. The molecule has 0 spiro atoms. The van der Waals surface area contributed by atoms with Crippen LogP contribution in [0.15, 0.2) is 10.7 Å². The van der Waals surface area contributed by atoms with Crippen LogP contribution < -0.4 is 10.6 Å². The molecule has 0 aromatic carbocycles. The van der Waals surface area contributed by atoms with E-state index in [9.17, 15) is 4.79 Å². The number of nitrogens with two attached hydrogens (primary N) is 1. The van der Waals surface area contributed by atoms with E-state index in [1.54, 1.807) is 17.9 Å². The van der Waals surface area contributed by atoms with Gasteiger partial charge in [0.1, 0.15) is 17.0 Å². The van der Waals surface area contributed by atoms with Gasteiger partial charge in [-0.15, -0.1) is 0 Å². The summed E-state index contributed by atoms with van der Waals surface area (Å²) in [6.45, 7) is 6.11. The van der Waals surface area contributed by atoms with Gasteiger partial charge in [0.15, 0.2) is 0 Å². The number of nitrogens with zero attached hydrogens (tertiary/aromatic N) is 3. The van der Waals surface area contributed by atoms with Crippen LogP contribution in [0.4, 0.5) is 11.8 Å². The van der Waals surface area contributed by atoms with Gasteiger partial charge < -0.3 is 15.4 Å². The van der Waals surface area contributed by atoms with Crippen LogP contribution in [0, 0.1) is 0 Å². The van der Waals surface area contributed by atoms with E-state index in [1.807, 2.05) is 13.8 Å². The summed E-state index contributed by atoms with van der Waals surface area (Å²) in [6.07, 6.45) is 0. The van der Waals surface area contributed by atoms with Crippen molar-refractivity contribution in [3.05, 3.63) is 10.7 Å². The first kappa shape index (κ1) is 14.7. The topological polar surface area (TPSA) is 81.3 Å². The minimum atomic E-state index is -0.312. The molecule has 0 saturated heterocycles. The first-order chi connectivity index (χ1) is 8.43. The Morgan fingerprint density at radius 3 is 2.72 bits per heavy atom.